The Morgan fingerprint density at radius 2 is 1.93 bits per heavy atom. The van der Waals surface area contributed by atoms with Gasteiger partial charge in [0, 0.05) is 26.1 Å². The van der Waals surface area contributed by atoms with Gasteiger partial charge in [-0.3, -0.25) is 4.90 Å². The highest BCUT2D eigenvalue weighted by atomic mass is 19.1. The molecule has 0 fully saturated rings. The Morgan fingerprint density at radius 1 is 1.17 bits per heavy atom. The molecule has 0 saturated heterocycles. The molecule has 2 atom stereocenters. The van der Waals surface area contributed by atoms with Crippen LogP contribution >= 0.6 is 0 Å². The molecule has 0 spiro atoms. The Morgan fingerprint density at radius 3 is 2.63 bits per heavy atom. The van der Waals surface area contributed by atoms with Gasteiger partial charge in [-0.05, 0) is 49.2 Å². The van der Waals surface area contributed by atoms with Crippen LogP contribution < -0.4 is 0 Å². The maximum absolute atomic E-state index is 13.6. The van der Waals surface area contributed by atoms with Crippen molar-refractivity contribution in [1.82, 2.24) is 4.90 Å². The van der Waals surface area contributed by atoms with E-state index in [1.807, 2.05) is 24.8 Å². The number of oxime groups is 1. The molecule has 3 rings (SSSR count). The molecule has 0 aliphatic carbocycles. The fourth-order valence-electron chi connectivity index (χ4n) is 3.38. The standard InChI is InChI=1S/C23H28F2N2O3/c1-16(2)29-15-21(28)13-27(12-17-4-3-5-20(25)10-17)14-22-11-23(26-30-22)18-6-8-19(24)9-7-18/h3-10,16,21-22,28H,11-15H2,1-2H3/t21-,22+/m0/s1. The van der Waals surface area contributed by atoms with E-state index in [2.05, 4.69) is 5.16 Å². The smallest absolute Gasteiger partial charge is 0.145 e. The van der Waals surface area contributed by atoms with E-state index in [9.17, 15) is 13.9 Å². The van der Waals surface area contributed by atoms with Gasteiger partial charge in [0.05, 0.1) is 24.5 Å². The van der Waals surface area contributed by atoms with Gasteiger partial charge in [0.2, 0.25) is 0 Å². The van der Waals surface area contributed by atoms with Gasteiger partial charge in [-0.25, -0.2) is 8.78 Å². The van der Waals surface area contributed by atoms with Crippen molar-refractivity contribution in [2.75, 3.05) is 19.7 Å². The largest absolute Gasteiger partial charge is 0.390 e. The van der Waals surface area contributed by atoms with Crippen LogP contribution in [0.15, 0.2) is 53.7 Å². The van der Waals surface area contributed by atoms with Crippen molar-refractivity contribution < 1.29 is 23.5 Å². The lowest BCUT2D eigenvalue weighted by Crippen LogP contribution is -2.39. The number of aliphatic hydroxyl groups excluding tert-OH is 1. The van der Waals surface area contributed by atoms with Crippen LogP contribution in [-0.4, -0.2) is 53.7 Å². The lowest BCUT2D eigenvalue weighted by molar-refractivity contribution is -0.0194. The molecule has 0 bridgehead atoms. The van der Waals surface area contributed by atoms with Crippen molar-refractivity contribution in [3.8, 4) is 0 Å². The van der Waals surface area contributed by atoms with E-state index in [1.165, 1.54) is 24.3 Å². The summed E-state index contributed by atoms with van der Waals surface area (Å²) < 4.78 is 32.3. The quantitative estimate of drug-likeness (QED) is 0.639. The minimum absolute atomic E-state index is 0.0288. The number of rotatable bonds is 10. The summed E-state index contributed by atoms with van der Waals surface area (Å²) in [6.07, 6.45) is -0.290. The van der Waals surface area contributed by atoms with E-state index < -0.39 is 6.10 Å². The summed E-state index contributed by atoms with van der Waals surface area (Å²) in [5.41, 5.74) is 2.39. The Kier molecular flexibility index (Phi) is 7.90. The van der Waals surface area contributed by atoms with Gasteiger partial charge in [0.25, 0.3) is 0 Å². The zero-order valence-electron chi connectivity index (χ0n) is 17.3. The molecule has 0 unspecified atom stereocenters. The lowest BCUT2D eigenvalue weighted by atomic mass is 10.0. The monoisotopic (exact) mass is 418 g/mol. The molecule has 2 aromatic carbocycles. The van der Waals surface area contributed by atoms with E-state index in [4.69, 9.17) is 9.57 Å². The normalized spacial score (nSPS) is 17.3. The zero-order valence-corrected chi connectivity index (χ0v) is 17.3. The van der Waals surface area contributed by atoms with Crippen molar-refractivity contribution in [2.24, 2.45) is 5.16 Å². The van der Waals surface area contributed by atoms with Crippen molar-refractivity contribution in [2.45, 2.75) is 45.1 Å². The van der Waals surface area contributed by atoms with E-state index in [0.717, 1.165) is 16.8 Å². The second kappa shape index (κ2) is 10.6. The molecular weight excluding hydrogens is 390 g/mol. The molecule has 1 aliphatic heterocycles. The van der Waals surface area contributed by atoms with E-state index in [-0.39, 0.29) is 30.4 Å². The van der Waals surface area contributed by atoms with Crippen LogP contribution in [0.5, 0.6) is 0 Å². The van der Waals surface area contributed by atoms with Gasteiger partial charge in [-0.1, -0.05) is 29.4 Å². The predicted octanol–water partition coefficient (Wildman–Crippen LogP) is 3.75. The highest BCUT2D eigenvalue weighted by Crippen LogP contribution is 2.19. The fraction of sp³-hybridized carbons (Fsp3) is 0.435. The molecule has 5 nitrogen and oxygen atoms in total. The number of nitrogens with zero attached hydrogens (tertiary/aromatic N) is 2. The zero-order chi connectivity index (χ0) is 21.5. The van der Waals surface area contributed by atoms with E-state index in [1.54, 1.807) is 18.2 Å². The first-order chi connectivity index (χ1) is 14.4. The second-order valence-corrected chi connectivity index (χ2v) is 7.84. The summed E-state index contributed by atoms with van der Waals surface area (Å²) in [7, 11) is 0. The van der Waals surface area contributed by atoms with E-state index in [0.29, 0.717) is 26.1 Å². The van der Waals surface area contributed by atoms with Gasteiger partial charge in [0.1, 0.15) is 17.7 Å². The third-order valence-electron chi connectivity index (χ3n) is 4.76. The topological polar surface area (TPSA) is 54.3 Å². The molecule has 1 aliphatic rings. The molecular formula is C23H28F2N2O3. The van der Waals surface area contributed by atoms with Crippen LogP contribution in [-0.2, 0) is 16.1 Å². The van der Waals surface area contributed by atoms with Crippen LogP contribution in [0.4, 0.5) is 8.78 Å². The van der Waals surface area contributed by atoms with Crippen LogP contribution in [0, 0.1) is 11.6 Å². The average molecular weight is 418 g/mol. The van der Waals surface area contributed by atoms with Crippen LogP contribution in [0.25, 0.3) is 0 Å². The highest BCUT2D eigenvalue weighted by Gasteiger charge is 2.26. The van der Waals surface area contributed by atoms with Gasteiger partial charge >= 0.3 is 0 Å². The Balaban J connectivity index is 1.62. The molecule has 2 aromatic rings. The number of benzene rings is 2. The first-order valence-electron chi connectivity index (χ1n) is 10.1. The Bertz CT molecular complexity index is 843. The first kappa shape index (κ1) is 22.3. The van der Waals surface area contributed by atoms with Crippen molar-refractivity contribution in [1.29, 1.82) is 0 Å². The number of halogens is 2. The average Bonchev–Trinajstić information content (AvgIpc) is 3.15. The maximum Gasteiger partial charge on any atom is 0.145 e. The van der Waals surface area contributed by atoms with Gasteiger partial charge < -0.3 is 14.7 Å². The van der Waals surface area contributed by atoms with Crippen molar-refractivity contribution in [3.63, 3.8) is 0 Å². The SMILES string of the molecule is CC(C)OC[C@@H](O)CN(Cc1cccc(F)c1)C[C@H]1CC(c2ccc(F)cc2)=NO1. The third kappa shape index (κ3) is 6.86. The summed E-state index contributed by atoms with van der Waals surface area (Å²) in [6.45, 7) is 5.37. The summed E-state index contributed by atoms with van der Waals surface area (Å²) >= 11 is 0. The van der Waals surface area contributed by atoms with Crippen molar-refractivity contribution >= 4 is 5.71 Å². The maximum atomic E-state index is 13.6. The molecule has 0 aromatic heterocycles. The Labute approximate surface area is 175 Å². The number of ether oxygens (including phenoxy) is 1. The summed E-state index contributed by atoms with van der Waals surface area (Å²) in [4.78, 5) is 7.60. The molecule has 0 saturated carbocycles. The second-order valence-electron chi connectivity index (χ2n) is 7.84. The van der Waals surface area contributed by atoms with Gasteiger partial charge in [-0.15, -0.1) is 0 Å². The molecule has 1 N–H and O–H groups in total. The van der Waals surface area contributed by atoms with Crippen molar-refractivity contribution in [3.05, 3.63) is 71.3 Å². The summed E-state index contributed by atoms with van der Waals surface area (Å²) in [5, 5.41) is 14.5. The van der Waals surface area contributed by atoms with Gasteiger partial charge in [-0.2, -0.15) is 0 Å². The molecule has 0 amide bonds. The fourth-order valence-corrected chi connectivity index (χ4v) is 3.38. The molecule has 0 radical (unpaired) electrons. The van der Waals surface area contributed by atoms with Gasteiger partial charge in [0.15, 0.2) is 0 Å². The molecule has 162 valence electrons. The first-order valence-corrected chi connectivity index (χ1v) is 10.1. The summed E-state index contributed by atoms with van der Waals surface area (Å²) in [5.74, 6) is -0.594. The highest BCUT2D eigenvalue weighted by molar-refractivity contribution is 6.01. The number of hydrogen-bond acceptors (Lipinski definition) is 5. The van der Waals surface area contributed by atoms with E-state index >= 15 is 0 Å². The minimum atomic E-state index is -0.681. The molecule has 30 heavy (non-hydrogen) atoms. The predicted molar refractivity (Wildman–Crippen MR) is 111 cm³/mol. The summed E-state index contributed by atoms with van der Waals surface area (Å²) in [6, 6.07) is 12.6. The number of aliphatic hydroxyl groups is 1. The van der Waals surface area contributed by atoms with Crippen LogP contribution in [0.3, 0.4) is 0 Å². The molecule has 1 heterocycles. The minimum Gasteiger partial charge on any atom is -0.390 e. The lowest BCUT2D eigenvalue weighted by Gasteiger charge is -2.27. The molecule has 7 heteroatoms. The van der Waals surface area contributed by atoms with Crippen LogP contribution in [0.1, 0.15) is 31.4 Å². The van der Waals surface area contributed by atoms with Crippen LogP contribution in [0.2, 0.25) is 0 Å². The third-order valence-corrected chi connectivity index (χ3v) is 4.76. The number of hydrogen-bond donors (Lipinski definition) is 1. The Hall–Kier alpha value is -2.35.